The van der Waals surface area contributed by atoms with Gasteiger partial charge in [0.1, 0.15) is 17.1 Å². The van der Waals surface area contributed by atoms with Gasteiger partial charge in [0.15, 0.2) is 0 Å². The van der Waals surface area contributed by atoms with Gasteiger partial charge in [0.05, 0.1) is 6.04 Å². The van der Waals surface area contributed by atoms with E-state index in [1.807, 2.05) is 62.5 Å². The number of likely N-dealkylation sites (N-methyl/N-ethyl adjacent to an activating group) is 2. The van der Waals surface area contributed by atoms with Crippen molar-refractivity contribution in [2.45, 2.75) is 143 Å². The lowest BCUT2D eigenvalue weighted by atomic mass is 9.86. The van der Waals surface area contributed by atoms with E-state index < -0.39 is 41.8 Å². The van der Waals surface area contributed by atoms with Crippen molar-refractivity contribution in [2.24, 2.45) is 11.3 Å². The van der Waals surface area contributed by atoms with Gasteiger partial charge in [0.25, 0.3) is 5.91 Å². The summed E-state index contributed by atoms with van der Waals surface area (Å²) in [5.74, 6) is -2.41. The zero-order valence-corrected chi connectivity index (χ0v) is 36.4. The molecule has 4 N–H and O–H groups in total. The highest BCUT2D eigenvalue weighted by Crippen LogP contribution is 2.31. The highest BCUT2D eigenvalue weighted by Gasteiger charge is 2.43. The van der Waals surface area contributed by atoms with Crippen molar-refractivity contribution in [3.05, 3.63) is 59.8 Å². The van der Waals surface area contributed by atoms with Gasteiger partial charge in [-0.15, -0.1) is 0 Å². The predicted molar refractivity (Wildman–Crippen MR) is 226 cm³/mol. The van der Waals surface area contributed by atoms with Crippen LogP contribution in [0.5, 0.6) is 0 Å². The van der Waals surface area contributed by atoms with E-state index in [9.17, 15) is 24.0 Å². The number of Topliss-reactive ketones (excluding diaryl/α,β-unsaturated/α-hetero) is 1. The minimum Gasteiger partial charge on any atom is -0.350 e. The molecule has 12 nitrogen and oxygen atoms in total. The van der Waals surface area contributed by atoms with Crippen LogP contribution in [-0.4, -0.2) is 94.6 Å². The van der Waals surface area contributed by atoms with Gasteiger partial charge in [0, 0.05) is 31.9 Å². The van der Waals surface area contributed by atoms with Crippen molar-refractivity contribution in [1.82, 2.24) is 35.5 Å². The average Bonchev–Trinajstić information content (AvgIpc) is 3.84. The fourth-order valence-corrected chi connectivity index (χ4v) is 7.57. The maximum absolute atomic E-state index is 14.5. The van der Waals surface area contributed by atoms with E-state index in [0.717, 1.165) is 22.6 Å². The molecule has 4 atom stereocenters. The molecule has 1 aliphatic carbocycles. The lowest BCUT2D eigenvalue weighted by Gasteiger charge is -2.36. The molecule has 5 amide bonds. The topological polar surface area (TPSA) is 153 Å². The van der Waals surface area contributed by atoms with Crippen LogP contribution >= 0.6 is 11.9 Å². The molecule has 4 rings (SSSR count). The number of urea groups is 1. The van der Waals surface area contributed by atoms with Gasteiger partial charge in [0.2, 0.25) is 17.6 Å². The van der Waals surface area contributed by atoms with E-state index in [0.29, 0.717) is 58.2 Å². The number of nitrogens with one attached hydrogen (secondary N) is 4. The molecule has 1 aromatic heterocycles. The smallest absolute Gasteiger partial charge is 0.315 e. The summed E-state index contributed by atoms with van der Waals surface area (Å²) in [4.78, 5) is 73.5. The highest BCUT2D eigenvalue weighted by atomic mass is 32.2. The van der Waals surface area contributed by atoms with Crippen molar-refractivity contribution < 1.29 is 24.0 Å². The second kappa shape index (κ2) is 24.6. The van der Waals surface area contributed by atoms with Crippen LogP contribution in [0.4, 0.5) is 4.79 Å². The summed E-state index contributed by atoms with van der Waals surface area (Å²) in [6, 6.07) is 10.4. The Morgan fingerprint density at radius 1 is 0.929 bits per heavy atom. The summed E-state index contributed by atoms with van der Waals surface area (Å²) in [7, 11) is 1.95. The van der Waals surface area contributed by atoms with Crippen molar-refractivity contribution in [3.63, 3.8) is 0 Å². The number of nitrogens with zero attached hydrogens (tertiary/aromatic N) is 3. The van der Waals surface area contributed by atoms with Crippen LogP contribution in [0.25, 0.3) is 0 Å². The Balaban J connectivity index is 0.00000206. The van der Waals surface area contributed by atoms with Gasteiger partial charge >= 0.3 is 6.03 Å². The second-order valence-corrected chi connectivity index (χ2v) is 16.6. The molecular formula is C43H69N7O5S. The molecule has 312 valence electrons. The molecule has 2 aromatic rings. The molecule has 4 unspecified atom stereocenters. The van der Waals surface area contributed by atoms with E-state index >= 15 is 0 Å². The molecule has 2 aliphatic rings. The number of pyridine rings is 1. The zero-order valence-electron chi connectivity index (χ0n) is 35.6. The van der Waals surface area contributed by atoms with Crippen LogP contribution in [0.3, 0.4) is 0 Å². The van der Waals surface area contributed by atoms with Gasteiger partial charge in [-0.2, -0.15) is 0 Å². The van der Waals surface area contributed by atoms with Gasteiger partial charge in [-0.1, -0.05) is 105 Å². The standard InChI is InChI=1S/C38H55N7O5S.C3H8.C2H6/c1-7-9-17-28(33(46)35(48)39-8-2)41-34(47)29-18-14-21-45(29)36(49)32(27-22-25-15-10-11-16-26(25)23-27)43-37(50)42-30(38(3,4)5)24-44(6)51-31-19-12-13-20-40-31;1-3-2;1-2/h10-13,15-16,19-20,27-30,32H,7-9,14,17-18,21-24H2,1-6H3,(H,39,48)(H,41,47)(H2,42,43,50);3H2,1-2H3;1-2H3. The van der Waals surface area contributed by atoms with Crippen LogP contribution in [0.2, 0.25) is 0 Å². The number of ketones is 1. The van der Waals surface area contributed by atoms with E-state index in [4.69, 9.17) is 0 Å². The Hall–Kier alpha value is -3.97. The first kappa shape index (κ1) is 48.2. The summed E-state index contributed by atoms with van der Waals surface area (Å²) in [5.41, 5.74) is 1.97. The number of aromatic nitrogens is 1. The van der Waals surface area contributed by atoms with Crippen molar-refractivity contribution in [2.75, 3.05) is 26.7 Å². The zero-order chi connectivity index (χ0) is 41.8. The Labute approximate surface area is 340 Å². The highest BCUT2D eigenvalue weighted by molar-refractivity contribution is 7.96. The number of hydrogen-bond donors (Lipinski definition) is 4. The summed E-state index contributed by atoms with van der Waals surface area (Å²) in [6.07, 6.45) is 7.01. The van der Waals surface area contributed by atoms with Gasteiger partial charge in [-0.05, 0) is 92.6 Å². The van der Waals surface area contributed by atoms with Crippen LogP contribution in [0, 0.1) is 11.3 Å². The van der Waals surface area contributed by atoms with Gasteiger partial charge < -0.3 is 26.2 Å². The van der Waals surface area contributed by atoms with E-state index in [1.165, 1.54) is 18.4 Å². The molecule has 1 aromatic carbocycles. The number of unbranched alkanes of at least 4 members (excludes halogenated alkanes) is 1. The first-order valence-corrected chi connectivity index (χ1v) is 21.4. The van der Waals surface area contributed by atoms with Crippen LogP contribution in [0.15, 0.2) is 53.7 Å². The van der Waals surface area contributed by atoms with Gasteiger partial charge in [-0.25, -0.2) is 14.1 Å². The molecule has 2 heterocycles. The Kier molecular flexibility index (Phi) is 21.2. The Morgan fingerprint density at radius 3 is 2.11 bits per heavy atom. The van der Waals surface area contributed by atoms with Crippen molar-refractivity contribution in [3.8, 4) is 0 Å². The number of hydrogen-bond acceptors (Lipinski definition) is 8. The number of benzene rings is 1. The van der Waals surface area contributed by atoms with Crippen molar-refractivity contribution >= 4 is 41.5 Å². The number of rotatable bonds is 16. The molecule has 1 fully saturated rings. The molecule has 0 bridgehead atoms. The third-order valence-electron chi connectivity index (χ3n) is 9.66. The van der Waals surface area contributed by atoms with Crippen LogP contribution in [-0.2, 0) is 32.0 Å². The Bertz CT molecular complexity index is 1510. The number of likely N-dealkylation sites (tertiary alicyclic amines) is 1. The normalized spacial score (nSPS) is 16.6. The minimum absolute atomic E-state index is 0.211. The first-order chi connectivity index (χ1) is 26.7. The molecule has 0 radical (unpaired) electrons. The molecule has 56 heavy (non-hydrogen) atoms. The number of carbonyl (C=O) groups excluding carboxylic acids is 5. The van der Waals surface area contributed by atoms with E-state index in [2.05, 4.69) is 73.0 Å². The van der Waals surface area contributed by atoms with Crippen molar-refractivity contribution in [1.29, 1.82) is 0 Å². The quantitative estimate of drug-likeness (QED) is 0.114. The fourth-order valence-electron chi connectivity index (χ4n) is 6.77. The maximum atomic E-state index is 14.5. The molecule has 13 heteroatoms. The summed E-state index contributed by atoms with van der Waals surface area (Å²) >= 11 is 1.49. The Morgan fingerprint density at radius 2 is 1.55 bits per heavy atom. The second-order valence-electron chi connectivity index (χ2n) is 15.3. The fraction of sp³-hybridized carbons (Fsp3) is 0.628. The lowest BCUT2D eigenvalue weighted by Crippen LogP contribution is -2.60. The molecule has 1 saturated heterocycles. The minimum atomic E-state index is -0.978. The van der Waals surface area contributed by atoms with E-state index in [1.54, 1.807) is 18.0 Å². The first-order valence-electron chi connectivity index (χ1n) is 20.6. The largest absolute Gasteiger partial charge is 0.350 e. The molecular weight excluding hydrogens is 727 g/mol. The lowest BCUT2D eigenvalue weighted by molar-refractivity contribution is -0.143. The van der Waals surface area contributed by atoms with E-state index in [-0.39, 0.29) is 23.3 Å². The third kappa shape index (κ3) is 14.8. The van der Waals surface area contributed by atoms with Gasteiger partial charge in [-0.3, -0.25) is 19.2 Å². The predicted octanol–water partition coefficient (Wildman–Crippen LogP) is 6.33. The molecule has 1 aliphatic heterocycles. The summed E-state index contributed by atoms with van der Waals surface area (Å²) in [6.45, 7) is 19.3. The van der Waals surface area contributed by atoms with Crippen LogP contribution < -0.4 is 21.3 Å². The summed E-state index contributed by atoms with van der Waals surface area (Å²) in [5, 5.41) is 12.4. The number of fused-ring (bicyclic) bond motifs is 1. The maximum Gasteiger partial charge on any atom is 0.315 e. The monoisotopic (exact) mass is 796 g/mol. The summed E-state index contributed by atoms with van der Waals surface area (Å²) < 4.78 is 2.03. The van der Waals surface area contributed by atoms with Crippen LogP contribution in [0.1, 0.15) is 112 Å². The third-order valence-corrected chi connectivity index (χ3v) is 10.6. The average molecular weight is 796 g/mol. The molecule has 0 spiro atoms. The molecule has 0 saturated carbocycles. The number of carbonyl (C=O) groups is 5. The SMILES string of the molecule is CC.CCC.CCCCC(NC(=O)C1CCCN1C(=O)C(NC(=O)NC(CN(C)Sc1ccccn1)C(C)(C)C)C1Cc2ccccc2C1)C(=O)C(=O)NCC. The number of amides is 5.